The van der Waals surface area contributed by atoms with Gasteiger partial charge in [-0.2, -0.15) is 8.78 Å². The third-order valence-electron chi connectivity index (χ3n) is 3.57. The summed E-state index contributed by atoms with van der Waals surface area (Å²) < 4.78 is 31.5. The van der Waals surface area contributed by atoms with E-state index < -0.39 is 24.5 Å². The van der Waals surface area contributed by atoms with Gasteiger partial charge in [0.25, 0.3) is 0 Å². The van der Waals surface area contributed by atoms with Crippen molar-refractivity contribution in [3.63, 3.8) is 0 Å². The van der Waals surface area contributed by atoms with E-state index in [0.29, 0.717) is 0 Å². The van der Waals surface area contributed by atoms with Gasteiger partial charge in [-0.15, -0.1) is 0 Å². The van der Waals surface area contributed by atoms with E-state index in [0.717, 1.165) is 5.56 Å². The average molecular weight is 328 g/mol. The summed E-state index contributed by atoms with van der Waals surface area (Å²) in [4.78, 5) is 25.1. The number of piperazine rings is 1. The highest BCUT2D eigenvalue weighted by Crippen LogP contribution is 2.17. The predicted molar refractivity (Wildman–Crippen MR) is 77.2 cm³/mol. The van der Waals surface area contributed by atoms with Crippen molar-refractivity contribution >= 4 is 12.1 Å². The van der Waals surface area contributed by atoms with Crippen molar-refractivity contribution in [2.45, 2.75) is 12.5 Å². The molecule has 6 nitrogen and oxygen atoms in total. The number of carbonyl (C=O) groups excluding carboxylic acids is 1. The van der Waals surface area contributed by atoms with E-state index in [1.54, 1.807) is 0 Å². The molecule has 1 saturated heterocycles. The fraction of sp³-hybridized carbons (Fsp3) is 0.467. The van der Waals surface area contributed by atoms with Gasteiger partial charge in [0.1, 0.15) is 6.61 Å². The van der Waals surface area contributed by atoms with Crippen molar-refractivity contribution in [3.05, 3.63) is 35.9 Å². The number of carboxylic acid groups (broad SMARTS) is 1. The Labute approximate surface area is 132 Å². The van der Waals surface area contributed by atoms with Crippen LogP contribution in [0.5, 0.6) is 0 Å². The van der Waals surface area contributed by atoms with Gasteiger partial charge in [0, 0.05) is 26.2 Å². The van der Waals surface area contributed by atoms with Gasteiger partial charge in [-0.25, -0.2) is 9.59 Å². The number of hydrogen-bond acceptors (Lipinski definition) is 4. The van der Waals surface area contributed by atoms with Crippen LogP contribution in [0, 0.1) is 0 Å². The first-order valence-corrected chi connectivity index (χ1v) is 7.18. The van der Waals surface area contributed by atoms with Crippen molar-refractivity contribution in [2.75, 3.05) is 32.7 Å². The maximum Gasteiger partial charge on any atom is 0.410 e. The van der Waals surface area contributed by atoms with E-state index in [4.69, 9.17) is 9.84 Å². The highest BCUT2D eigenvalue weighted by molar-refractivity contribution is 5.75. The van der Waals surface area contributed by atoms with E-state index in [1.807, 2.05) is 30.3 Å². The van der Waals surface area contributed by atoms with E-state index in [2.05, 4.69) is 0 Å². The average Bonchev–Trinajstić information content (AvgIpc) is 2.54. The maximum atomic E-state index is 13.1. The Morgan fingerprint density at radius 1 is 1.13 bits per heavy atom. The molecular weight excluding hydrogens is 310 g/mol. The molecule has 0 radical (unpaired) electrons. The van der Waals surface area contributed by atoms with Crippen LogP contribution in [-0.2, 0) is 16.1 Å². The maximum absolute atomic E-state index is 13.1. The Hall–Kier alpha value is -2.22. The summed E-state index contributed by atoms with van der Waals surface area (Å²) in [6, 6.07) is 9.20. The van der Waals surface area contributed by atoms with Crippen LogP contribution >= 0.6 is 0 Å². The summed E-state index contributed by atoms with van der Waals surface area (Å²) in [6.07, 6.45) is -0.501. The normalized spacial score (nSPS) is 16.2. The minimum atomic E-state index is -3.78. The Morgan fingerprint density at radius 3 is 2.30 bits per heavy atom. The summed E-state index contributed by atoms with van der Waals surface area (Å²) in [7, 11) is 0. The third kappa shape index (κ3) is 4.88. The first-order valence-electron chi connectivity index (χ1n) is 7.18. The molecule has 1 aromatic carbocycles. The van der Waals surface area contributed by atoms with Crippen molar-refractivity contribution in [1.29, 1.82) is 0 Å². The molecule has 1 aliphatic rings. The molecule has 0 saturated carbocycles. The third-order valence-corrected chi connectivity index (χ3v) is 3.57. The van der Waals surface area contributed by atoms with Crippen LogP contribution in [0.3, 0.4) is 0 Å². The van der Waals surface area contributed by atoms with Crippen LogP contribution < -0.4 is 0 Å². The van der Waals surface area contributed by atoms with Gasteiger partial charge < -0.3 is 14.7 Å². The summed E-state index contributed by atoms with van der Waals surface area (Å²) in [6.45, 7) is 0.117. The van der Waals surface area contributed by atoms with Gasteiger partial charge in [0.2, 0.25) is 0 Å². The molecule has 1 fully saturated rings. The van der Waals surface area contributed by atoms with Crippen LogP contribution in [-0.4, -0.2) is 65.6 Å². The Bertz CT molecular complexity index is 546. The zero-order valence-corrected chi connectivity index (χ0v) is 12.5. The van der Waals surface area contributed by atoms with Crippen molar-refractivity contribution < 1.29 is 28.2 Å². The van der Waals surface area contributed by atoms with Crippen molar-refractivity contribution in [2.24, 2.45) is 0 Å². The number of nitrogens with zero attached hydrogens (tertiary/aromatic N) is 2. The molecule has 126 valence electrons. The Morgan fingerprint density at radius 2 is 1.74 bits per heavy atom. The number of carboxylic acids is 1. The molecule has 0 unspecified atom stereocenters. The molecule has 0 atom stereocenters. The number of rotatable bonds is 5. The number of ether oxygens (including phenoxy) is 1. The molecule has 1 amide bonds. The number of hydrogen-bond donors (Lipinski definition) is 1. The molecule has 1 heterocycles. The number of halogens is 2. The van der Waals surface area contributed by atoms with Crippen LogP contribution in [0.15, 0.2) is 30.3 Å². The largest absolute Gasteiger partial charge is 0.477 e. The van der Waals surface area contributed by atoms with Gasteiger partial charge in [-0.05, 0) is 5.56 Å². The van der Waals surface area contributed by atoms with Crippen molar-refractivity contribution in [1.82, 2.24) is 9.80 Å². The summed E-state index contributed by atoms with van der Waals surface area (Å²) in [5.41, 5.74) is 0.862. The highest BCUT2D eigenvalue weighted by Gasteiger charge is 2.41. The van der Waals surface area contributed by atoms with E-state index in [1.165, 1.54) is 9.80 Å². The fourth-order valence-electron chi connectivity index (χ4n) is 2.25. The predicted octanol–water partition coefficient (Wildman–Crippen LogP) is 1.66. The van der Waals surface area contributed by atoms with E-state index >= 15 is 0 Å². The highest BCUT2D eigenvalue weighted by atomic mass is 19.3. The molecule has 2 rings (SSSR count). The number of carbonyl (C=O) groups is 2. The summed E-state index contributed by atoms with van der Waals surface area (Å²) in [5, 5.41) is 8.43. The minimum absolute atomic E-state index is 0.150. The minimum Gasteiger partial charge on any atom is -0.477 e. The van der Waals surface area contributed by atoms with Crippen molar-refractivity contribution in [3.8, 4) is 0 Å². The van der Waals surface area contributed by atoms with Gasteiger partial charge in [-0.1, -0.05) is 30.3 Å². The summed E-state index contributed by atoms with van der Waals surface area (Å²) >= 11 is 0. The number of alkyl halides is 2. The molecular formula is C15H18F2N2O4. The smallest absolute Gasteiger partial charge is 0.410 e. The second kappa shape index (κ2) is 7.36. The molecule has 0 spiro atoms. The molecule has 1 N–H and O–H groups in total. The number of benzene rings is 1. The topological polar surface area (TPSA) is 70.1 Å². The Kier molecular flexibility index (Phi) is 5.49. The SMILES string of the molecule is O=C(OCc1ccccc1)N1CCN(CC(F)(F)C(=O)O)CC1. The lowest BCUT2D eigenvalue weighted by atomic mass is 10.2. The lowest BCUT2D eigenvalue weighted by molar-refractivity contribution is -0.167. The zero-order valence-electron chi connectivity index (χ0n) is 12.5. The lowest BCUT2D eigenvalue weighted by Gasteiger charge is -2.34. The molecule has 0 bridgehead atoms. The fourth-order valence-corrected chi connectivity index (χ4v) is 2.25. The van der Waals surface area contributed by atoms with Gasteiger partial charge >= 0.3 is 18.0 Å². The quantitative estimate of drug-likeness (QED) is 0.890. The first-order chi connectivity index (χ1) is 10.9. The van der Waals surface area contributed by atoms with Gasteiger partial charge in [-0.3, -0.25) is 4.90 Å². The molecule has 0 aromatic heterocycles. The molecule has 0 aliphatic carbocycles. The number of aliphatic carboxylic acids is 1. The lowest BCUT2D eigenvalue weighted by Crippen LogP contribution is -2.53. The van der Waals surface area contributed by atoms with Crippen LogP contribution in [0.1, 0.15) is 5.56 Å². The van der Waals surface area contributed by atoms with Crippen LogP contribution in [0.2, 0.25) is 0 Å². The number of amides is 1. The molecule has 23 heavy (non-hydrogen) atoms. The standard InChI is InChI=1S/C15H18F2N2O4/c16-15(17,13(20)21)11-18-6-8-19(9-7-18)14(22)23-10-12-4-2-1-3-5-12/h1-5H,6-11H2,(H,20,21). The first kappa shape index (κ1) is 17.1. The van der Waals surface area contributed by atoms with E-state index in [-0.39, 0.29) is 32.8 Å². The second-order valence-corrected chi connectivity index (χ2v) is 5.31. The van der Waals surface area contributed by atoms with Gasteiger partial charge in [0.15, 0.2) is 0 Å². The summed E-state index contributed by atoms with van der Waals surface area (Å²) in [5.74, 6) is -5.92. The second-order valence-electron chi connectivity index (χ2n) is 5.31. The van der Waals surface area contributed by atoms with Crippen LogP contribution in [0.25, 0.3) is 0 Å². The zero-order chi connectivity index (χ0) is 16.9. The van der Waals surface area contributed by atoms with Gasteiger partial charge in [0.05, 0.1) is 6.54 Å². The molecule has 1 aliphatic heterocycles. The monoisotopic (exact) mass is 328 g/mol. The van der Waals surface area contributed by atoms with E-state index in [9.17, 15) is 18.4 Å². The van der Waals surface area contributed by atoms with Crippen LogP contribution in [0.4, 0.5) is 13.6 Å². The molecule has 8 heteroatoms. The Balaban J connectivity index is 1.75. The molecule has 1 aromatic rings.